The van der Waals surface area contributed by atoms with Gasteiger partial charge in [-0.3, -0.25) is 4.90 Å². The van der Waals surface area contributed by atoms with Gasteiger partial charge in [-0.2, -0.15) is 0 Å². The minimum absolute atomic E-state index is 0.0251. The molecule has 0 spiro atoms. The van der Waals surface area contributed by atoms with E-state index in [0.29, 0.717) is 18.6 Å². The summed E-state index contributed by atoms with van der Waals surface area (Å²) in [5.41, 5.74) is 0. The first kappa shape index (κ1) is 13.6. The van der Waals surface area contributed by atoms with E-state index in [1.165, 1.54) is 19.3 Å². The molecule has 2 fully saturated rings. The van der Waals surface area contributed by atoms with Crippen LogP contribution in [-0.2, 0) is 4.74 Å². The molecule has 0 aromatic rings. The van der Waals surface area contributed by atoms with E-state index in [1.54, 1.807) is 0 Å². The lowest BCUT2D eigenvalue weighted by molar-refractivity contribution is 0.0718. The summed E-state index contributed by atoms with van der Waals surface area (Å²) in [7, 11) is 0. The summed E-state index contributed by atoms with van der Waals surface area (Å²) >= 11 is 0. The van der Waals surface area contributed by atoms with Crippen LogP contribution in [0.2, 0.25) is 0 Å². The van der Waals surface area contributed by atoms with Gasteiger partial charge < -0.3 is 15.4 Å². The van der Waals surface area contributed by atoms with Crippen molar-refractivity contribution in [2.45, 2.75) is 51.3 Å². The number of hydrogen-bond donors (Lipinski definition) is 2. The van der Waals surface area contributed by atoms with Gasteiger partial charge in [-0.1, -0.05) is 20.3 Å². The lowest BCUT2D eigenvalue weighted by Gasteiger charge is -2.37. The molecule has 0 bridgehead atoms. The second-order valence-corrected chi connectivity index (χ2v) is 5.62. The van der Waals surface area contributed by atoms with Gasteiger partial charge in [0, 0.05) is 25.2 Å². The van der Waals surface area contributed by atoms with Crippen molar-refractivity contribution in [1.82, 2.24) is 15.5 Å². The number of carbonyl (C=O) groups is 1. The third-order valence-electron chi connectivity index (χ3n) is 3.70. The van der Waals surface area contributed by atoms with Crippen LogP contribution in [0.15, 0.2) is 0 Å². The first-order valence-corrected chi connectivity index (χ1v) is 7.07. The molecule has 5 nitrogen and oxygen atoms in total. The van der Waals surface area contributed by atoms with Crippen LogP contribution in [0, 0.1) is 0 Å². The third-order valence-corrected chi connectivity index (χ3v) is 3.70. The van der Waals surface area contributed by atoms with Gasteiger partial charge in [0.1, 0.15) is 6.10 Å². The Morgan fingerprint density at radius 3 is 3.00 bits per heavy atom. The lowest BCUT2D eigenvalue weighted by atomic mass is 10.0. The lowest BCUT2D eigenvalue weighted by Crippen LogP contribution is -2.49. The Morgan fingerprint density at radius 2 is 2.33 bits per heavy atom. The Balaban J connectivity index is 1.81. The van der Waals surface area contributed by atoms with E-state index < -0.39 is 0 Å². The zero-order valence-electron chi connectivity index (χ0n) is 11.4. The quantitative estimate of drug-likeness (QED) is 0.768. The molecule has 2 heterocycles. The Kier molecular flexibility index (Phi) is 4.83. The van der Waals surface area contributed by atoms with E-state index in [2.05, 4.69) is 29.4 Å². The van der Waals surface area contributed by atoms with E-state index in [9.17, 15) is 4.79 Å². The van der Waals surface area contributed by atoms with Gasteiger partial charge >= 0.3 is 6.09 Å². The molecule has 0 aromatic carbocycles. The normalized spacial score (nSPS) is 29.4. The number of hydrogen-bond acceptors (Lipinski definition) is 4. The monoisotopic (exact) mass is 255 g/mol. The van der Waals surface area contributed by atoms with Crippen LogP contribution in [0.5, 0.6) is 0 Å². The Bertz CT molecular complexity index is 283. The summed E-state index contributed by atoms with van der Waals surface area (Å²) in [6, 6.07) is 1.11. The molecule has 18 heavy (non-hydrogen) atoms. The summed E-state index contributed by atoms with van der Waals surface area (Å²) in [6.45, 7) is 8.03. The molecule has 0 radical (unpaired) electrons. The summed E-state index contributed by atoms with van der Waals surface area (Å²) < 4.78 is 5.23. The van der Waals surface area contributed by atoms with Crippen LogP contribution in [-0.4, -0.2) is 55.4 Å². The van der Waals surface area contributed by atoms with Crippen molar-refractivity contribution in [1.29, 1.82) is 0 Å². The first-order chi connectivity index (χ1) is 8.65. The number of rotatable bonds is 5. The second-order valence-electron chi connectivity index (χ2n) is 5.62. The molecule has 2 N–H and O–H groups in total. The fraction of sp³-hybridized carbons (Fsp3) is 0.923. The number of alkyl carbamates (subject to hydrolysis) is 1. The highest BCUT2D eigenvalue weighted by atomic mass is 16.6. The molecule has 5 heteroatoms. The third kappa shape index (κ3) is 3.85. The highest BCUT2D eigenvalue weighted by Crippen LogP contribution is 2.18. The molecular weight excluding hydrogens is 230 g/mol. The van der Waals surface area contributed by atoms with Crippen LogP contribution in [0.4, 0.5) is 4.79 Å². The zero-order chi connectivity index (χ0) is 13.0. The Hall–Kier alpha value is -0.810. The van der Waals surface area contributed by atoms with Crippen molar-refractivity contribution in [3.8, 4) is 0 Å². The second kappa shape index (κ2) is 6.38. The molecule has 2 atom stereocenters. The smallest absolute Gasteiger partial charge is 0.407 e. The predicted octanol–water partition coefficient (Wildman–Crippen LogP) is 0.947. The highest BCUT2D eigenvalue weighted by Gasteiger charge is 2.29. The van der Waals surface area contributed by atoms with Crippen molar-refractivity contribution in [3.63, 3.8) is 0 Å². The maximum atomic E-state index is 11.0. The number of likely N-dealkylation sites (tertiary alicyclic amines) is 1. The molecule has 2 aliphatic rings. The average Bonchev–Trinajstić information content (AvgIpc) is 2.73. The largest absolute Gasteiger partial charge is 0.443 e. The molecule has 2 unspecified atom stereocenters. The number of piperidine rings is 1. The van der Waals surface area contributed by atoms with Crippen LogP contribution in [0.25, 0.3) is 0 Å². The van der Waals surface area contributed by atoms with Crippen molar-refractivity contribution < 1.29 is 9.53 Å². The minimum Gasteiger partial charge on any atom is -0.443 e. The van der Waals surface area contributed by atoms with Gasteiger partial charge in [0.25, 0.3) is 0 Å². The SMILES string of the molecule is CC(C)NCC1CCCCN1CC1CNC(=O)O1. The molecule has 0 saturated carbocycles. The van der Waals surface area contributed by atoms with Gasteiger partial charge in [0.05, 0.1) is 6.54 Å². The molecule has 1 amide bonds. The fourth-order valence-corrected chi connectivity index (χ4v) is 2.70. The van der Waals surface area contributed by atoms with Gasteiger partial charge in [-0.05, 0) is 19.4 Å². The van der Waals surface area contributed by atoms with Crippen LogP contribution < -0.4 is 10.6 Å². The molecule has 104 valence electrons. The van der Waals surface area contributed by atoms with Gasteiger partial charge in [-0.25, -0.2) is 4.79 Å². The van der Waals surface area contributed by atoms with E-state index in [-0.39, 0.29) is 12.2 Å². The predicted molar refractivity (Wildman–Crippen MR) is 70.6 cm³/mol. The Morgan fingerprint density at radius 1 is 1.50 bits per heavy atom. The molecule has 2 rings (SSSR count). The van der Waals surface area contributed by atoms with Crippen molar-refractivity contribution in [2.24, 2.45) is 0 Å². The number of nitrogens with zero attached hydrogens (tertiary/aromatic N) is 1. The van der Waals surface area contributed by atoms with Crippen LogP contribution in [0.1, 0.15) is 33.1 Å². The van der Waals surface area contributed by atoms with E-state index in [4.69, 9.17) is 4.74 Å². The average molecular weight is 255 g/mol. The van der Waals surface area contributed by atoms with E-state index >= 15 is 0 Å². The maximum absolute atomic E-state index is 11.0. The summed E-state index contributed by atoms with van der Waals surface area (Å²) in [6.07, 6.45) is 3.56. The van der Waals surface area contributed by atoms with Crippen LogP contribution in [0.3, 0.4) is 0 Å². The summed E-state index contributed by atoms with van der Waals surface area (Å²) in [4.78, 5) is 13.5. The summed E-state index contributed by atoms with van der Waals surface area (Å²) in [5.74, 6) is 0. The maximum Gasteiger partial charge on any atom is 0.407 e. The molecule has 2 aliphatic heterocycles. The van der Waals surface area contributed by atoms with Gasteiger partial charge in [0.2, 0.25) is 0 Å². The van der Waals surface area contributed by atoms with Gasteiger partial charge in [0.15, 0.2) is 0 Å². The van der Waals surface area contributed by atoms with Crippen molar-refractivity contribution >= 4 is 6.09 Å². The standard InChI is InChI=1S/C13H25N3O2/c1-10(2)14-7-11-5-3-4-6-16(11)9-12-8-15-13(17)18-12/h10-12,14H,3-9H2,1-2H3,(H,15,17). The van der Waals surface area contributed by atoms with Gasteiger partial charge in [-0.15, -0.1) is 0 Å². The van der Waals surface area contributed by atoms with E-state index in [1.807, 2.05) is 0 Å². The first-order valence-electron chi connectivity index (χ1n) is 7.07. The van der Waals surface area contributed by atoms with Crippen molar-refractivity contribution in [3.05, 3.63) is 0 Å². The highest BCUT2D eigenvalue weighted by molar-refractivity contribution is 5.69. The number of cyclic esters (lactones) is 1. The van der Waals surface area contributed by atoms with E-state index in [0.717, 1.165) is 19.6 Å². The van der Waals surface area contributed by atoms with Crippen LogP contribution >= 0.6 is 0 Å². The fourth-order valence-electron chi connectivity index (χ4n) is 2.70. The minimum atomic E-state index is -0.270. The molecule has 2 saturated heterocycles. The summed E-state index contributed by atoms with van der Waals surface area (Å²) in [5, 5.41) is 6.23. The number of nitrogens with one attached hydrogen (secondary N) is 2. The molecule has 0 aromatic heterocycles. The number of carbonyl (C=O) groups excluding carboxylic acids is 1. The Labute approximate surface area is 109 Å². The molecular formula is C13H25N3O2. The number of amides is 1. The van der Waals surface area contributed by atoms with Crippen molar-refractivity contribution in [2.75, 3.05) is 26.2 Å². The number of ether oxygens (including phenoxy) is 1. The molecule has 0 aliphatic carbocycles. The zero-order valence-corrected chi connectivity index (χ0v) is 11.4. The topological polar surface area (TPSA) is 53.6 Å².